The molecule has 4 aromatic rings. The molecule has 142 valence electrons. The fourth-order valence-electron chi connectivity index (χ4n) is 4.65. The Morgan fingerprint density at radius 2 is 2.04 bits per heavy atom. The molecule has 0 spiro atoms. The van der Waals surface area contributed by atoms with Crippen molar-refractivity contribution in [2.45, 2.75) is 45.1 Å². The van der Waals surface area contributed by atoms with E-state index in [2.05, 4.69) is 56.9 Å². The predicted octanol–water partition coefficient (Wildman–Crippen LogP) is 4.84. The summed E-state index contributed by atoms with van der Waals surface area (Å²) in [5, 5.41) is 2.19. The largest absolute Gasteiger partial charge is 0.383 e. The summed E-state index contributed by atoms with van der Waals surface area (Å²) in [6, 6.07) is 11.5. The third-order valence-electron chi connectivity index (χ3n) is 6.17. The Hall–Kier alpha value is -2.95. The van der Waals surface area contributed by atoms with E-state index in [1.165, 1.54) is 42.2 Å². The molecule has 1 aliphatic rings. The minimum Gasteiger partial charge on any atom is -0.383 e. The number of nitrogens with two attached hydrogens (primary N) is 1. The molecule has 0 radical (unpaired) electrons. The first-order valence-electron chi connectivity index (χ1n) is 10.1. The van der Waals surface area contributed by atoms with Crippen LogP contribution in [0.4, 0.5) is 5.82 Å². The maximum absolute atomic E-state index is 5.99. The van der Waals surface area contributed by atoms with Crippen LogP contribution >= 0.6 is 0 Å². The summed E-state index contributed by atoms with van der Waals surface area (Å²) in [6.07, 6.45) is 11.7. The molecule has 0 aliphatic heterocycles. The highest BCUT2D eigenvalue weighted by atomic mass is 15.1. The van der Waals surface area contributed by atoms with Gasteiger partial charge in [0.1, 0.15) is 17.8 Å². The van der Waals surface area contributed by atoms with Crippen molar-refractivity contribution in [1.82, 2.24) is 19.5 Å². The van der Waals surface area contributed by atoms with Crippen molar-refractivity contribution in [3.63, 3.8) is 0 Å². The summed E-state index contributed by atoms with van der Waals surface area (Å²) in [6.45, 7) is 2.09. The normalized spacial score (nSPS) is 19.6. The van der Waals surface area contributed by atoms with Crippen molar-refractivity contribution in [3.05, 3.63) is 60.2 Å². The van der Waals surface area contributed by atoms with Crippen LogP contribution in [0.15, 0.2) is 49.1 Å². The number of aromatic nitrogens is 4. The van der Waals surface area contributed by atoms with Gasteiger partial charge in [0.05, 0.1) is 10.9 Å². The third kappa shape index (κ3) is 3.11. The summed E-state index contributed by atoms with van der Waals surface area (Å²) >= 11 is 0. The first kappa shape index (κ1) is 17.2. The number of rotatable bonds is 4. The minimum absolute atomic E-state index is 0.512. The molecule has 3 aromatic heterocycles. The Labute approximate surface area is 164 Å². The standard InChI is InChI=1S/C23H25N5/c1-15-10-18-6-4-17(12-21(18)25-13-15)3-2-16-5-7-19(11-16)28-9-8-20-22(24)26-14-27-23(20)28/h4,6,8-10,12-14,16,19H,2-3,5,7,11H2,1H3,(H2,24,26,27). The Balaban J connectivity index is 1.26. The number of nitrogens with zero attached hydrogens (tertiary/aromatic N) is 4. The molecule has 28 heavy (non-hydrogen) atoms. The quantitative estimate of drug-likeness (QED) is 0.557. The second-order valence-corrected chi connectivity index (χ2v) is 8.13. The number of aryl methyl sites for hydroxylation is 2. The molecule has 2 N–H and O–H groups in total. The fraction of sp³-hybridized carbons (Fsp3) is 0.348. The van der Waals surface area contributed by atoms with E-state index in [1.807, 2.05) is 12.3 Å². The maximum Gasteiger partial charge on any atom is 0.145 e. The molecule has 0 bridgehead atoms. The molecule has 5 nitrogen and oxygen atoms in total. The molecule has 1 aliphatic carbocycles. The van der Waals surface area contributed by atoms with Crippen molar-refractivity contribution in [3.8, 4) is 0 Å². The number of hydrogen-bond acceptors (Lipinski definition) is 4. The lowest BCUT2D eigenvalue weighted by Crippen LogP contribution is -2.06. The van der Waals surface area contributed by atoms with Gasteiger partial charge in [0.2, 0.25) is 0 Å². The van der Waals surface area contributed by atoms with E-state index in [4.69, 9.17) is 5.73 Å². The zero-order valence-corrected chi connectivity index (χ0v) is 16.2. The van der Waals surface area contributed by atoms with E-state index in [1.54, 1.807) is 6.33 Å². The molecular weight excluding hydrogens is 346 g/mol. The van der Waals surface area contributed by atoms with Crippen molar-refractivity contribution in [1.29, 1.82) is 0 Å². The molecule has 3 heterocycles. The van der Waals surface area contributed by atoms with Crippen LogP contribution < -0.4 is 5.73 Å². The van der Waals surface area contributed by atoms with Crippen LogP contribution in [-0.4, -0.2) is 19.5 Å². The molecule has 2 atom stereocenters. The van der Waals surface area contributed by atoms with Crippen LogP contribution in [0.25, 0.3) is 21.9 Å². The lowest BCUT2D eigenvalue weighted by Gasteiger charge is -2.14. The summed E-state index contributed by atoms with van der Waals surface area (Å²) in [4.78, 5) is 13.1. The van der Waals surface area contributed by atoms with Gasteiger partial charge in [-0.25, -0.2) is 9.97 Å². The predicted molar refractivity (Wildman–Crippen MR) is 113 cm³/mol. The van der Waals surface area contributed by atoms with E-state index in [-0.39, 0.29) is 0 Å². The summed E-state index contributed by atoms with van der Waals surface area (Å²) in [7, 11) is 0. The minimum atomic E-state index is 0.512. The van der Waals surface area contributed by atoms with Gasteiger partial charge >= 0.3 is 0 Å². The second kappa shape index (κ2) is 6.89. The maximum atomic E-state index is 5.99. The highest BCUT2D eigenvalue weighted by Gasteiger charge is 2.27. The highest BCUT2D eigenvalue weighted by Crippen LogP contribution is 2.39. The van der Waals surface area contributed by atoms with Gasteiger partial charge in [-0.15, -0.1) is 0 Å². The van der Waals surface area contributed by atoms with Crippen molar-refractivity contribution >= 4 is 27.8 Å². The van der Waals surface area contributed by atoms with Gasteiger partial charge in [-0.1, -0.05) is 12.1 Å². The molecule has 5 rings (SSSR count). The van der Waals surface area contributed by atoms with Gasteiger partial charge in [0.25, 0.3) is 0 Å². The summed E-state index contributed by atoms with van der Waals surface area (Å²) < 4.78 is 2.30. The smallest absolute Gasteiger partial charge is 0.145 e. The van der Waals surface area contributed by atoms with Crippen LogP contribution in [-0.2, 0) is 6.42 Å². The Bertz CT molecular complexity index is 1150. The molecule has 1 aromatic carbocycles. The van der Waals surface area contributed by atoms with E-state index < -0.39 is 0 Å². The van der Waals surface area contributed by atoms with Gasteiger partial charge in [-0.2, -0.15) is 0 Å². The average molecular weight is 371 g/mol. The summed E-state index contributed by atoms with van der Waals surface area (Å²) in [5.74, 6) is 1.32. The van der Waals surface area contributed by atoms with Gasteiger partial charge in [-0.05, 0) is 74.3 Å². The molecule has 1 fully saturated rings. The first-order valence-corrected chi connectivity index (χ1v) is 10.1. The molecule has 5 heteroatoms. The zero-order chi connectivity index (χ0) is 19.1. The number of benzene rings is 1. The molecule has 2 unspecified atom stereocenters. The zero-order valence-electron chi connectivity index (χ0n) is 16.2. The summed E-state index contributed by atoms with van der Waals surface area (Å²) in [5.41, 5.74) is 10.7. The topological polar surface area (TPSA) is 69.6 Å². The third-order valence-corrected chi connectivity index (χ3v) is 6.17. The van der Waals surface area contributed by atoms with Crippen LogP contribution in [0.3, 0.4) is 0 Å². The number of anilines is 1. The van der Waals surface area contributed by atoms with Crippen LogP contribution in [0.1, 0.15) is 42.9 Å². The SMILES string of the molecule is Cc1cnc2cc(CCC3CCC(n4ccc5c(N)ncnc54)C3)ccc2c1. The van der Waals surface area contributed by atoms with Crippen LogP contribution in [0, 0.1) is 12.8 Å². The average Bonchev–Trinajstić information content (AvgIpc) is 3.33. The first-order chi connectivity index (χ1) is 13.7. The van der Waals surface area contributed by atoms with E-state index in [0.717, 1.165) is 28.9 Å². The van der Waals surface area contributed by atoms with Gasteiger partial charge in [0.15, 0.2) is 0 Å². The van der Waals surface area contributed by atoms with Crippen molar-refractivity contribution in [2.75, 3.05) is 5.73 Å². The molecule has 1 saturated carbocycles. The van der Waals surface area contributed by atoms with Crippen molar-refractivity contribution in [2.24, 2.45) is 5.92 Å². The van der Waals surface area contributed by atoms with Gasteiger partial charge in [0, 0.05) is 23.8 Å². The van der Waals surface area contributed by atoms with Crippen LogP contribution in [0.2, 0.25) is 0 Å². The number of pyridine rings is 1. The second-order valence-electron chi connectivity index (χ2n) is 8.13. The molecule has 0 amide bonds. The van der Waals surface area contributed by atoms with E-state index >= 15 is 0 Å². The van der Waals surface area contributed by atoms with E-state index in [9.17, 15) is 0 Å². The van der Waals surface area contributed by atoms with Gasteiger partial charge < -0.3 is 10.3 Å². The number of hydrogen-bond donors (Lipinski definition) is 1. The van der Waals surface area contributed by atoms with Gasteiger partial charge in [-0.3, -0.25) is 4.98 Å². The molecular formula is C23H25N5. The Morgan fingerprint density at radius 1 is 1.11 bits per heavy atom. The van der Waals surface area contributed by atoms with Crippen molar-refractivity contribution < 1.29 is 0 Å². The lowest BCUT2D eigenvalue weighted by atomic mass is 9.97. The number of nitrogen functional groups attached to an aromatic ring is 1. The number of fused-ring (bicyclic) bond motifs is 2. The fourth-order valence-corrected chi connectivity index (χ4v) is 4.65. The highest BCUT2D eigenvalue weighted by molar-refractivity contribution is 5.86. The Morgan fingerprint density at radius 3 is 2.96 bits per heavy atom. The van der Waals surface area contributed by atoms with E-state index in [0.29, 0.717) is 11.9 Å². The lowest BCUT2D eigenvalue weighted by molar-refractivity contribution is 0.461. The Kier molecular flexibility index (Phi) is 4.23. The monoisotopic (exact) mass is 371 g/mol. The molecule has 0 saturated heterocycles. The van der Waals surface area contributed by atoms with Crippen LogP contribution in [0.5, 0.6) is 0 Å².